The Kier molecular flexibility index (Phi) is 4.80. The fraction of sp³-hybridized carbons (Fsp3) is 0.357. The average Bonchev–Trinajstić information content (AvgIpc) is 2.46. The monoisotopic (exact) mass is 261 g/mol. The maximum Gasteiger partial charge on any atom is 0.319 e. The largest absolute Gasteiger partial charge is 0.378 e. The molecule has 0 radical (unpaired) electrons. The van der Waals surface area contributed by atoms with Crippen molar-refractivity contribution in [3.8, 4) is 0 Å². The van der Waals surface area contributed by atoms with E-state index in [9.17, 15) is 4.79 Å². The molecule has 1 saturated heterocycles. The minimum Gasteiger partial charge on any atom is -0.378 e. The van der Waals surface area contributed by atoms with Gasteiger partial charge in [0, 0.05) is 19.6 Å². The van der Waals surface area contributed by atoms with Crippen LogP contribution in [-0.2, 0) is 4.74 Å². The number of rotatable bonds is 4. The summed E-state index contributed by atoms with van der Waals surface area (Å²) in [5.74, 6) is 0. The SMILES string of the molecule is C=CCNC(=O)Nc1ccccc1N1CCOCC1. The number of hydrogen-bond donors (Lipinski definition) is 2. The van der Waals surface area contributed by atoms with Gasteiger partial charge < -0.3 is 20.3 Å². The summed E-state index contributed by atoms with van der Waals surface area (Å²) in [5, 5.41) is 5.56. The molecule has 1 aromatic rings. The third-order valence-electron chi connectivity index (χ3n) is 2.91. The Labute approximate surface area is 113 Å². The predicted octanol–water partition coefficient (Wildman–Crippen LogP) is 1.83. The van der Waals surface area contributed by atoms with Gasteiger partial charge in [0.05, 0.1) is 24.6 Å². The van der Waals surface area contributed by atoms with E-state index in [1.807, 2.05) is 24.3 Å². The predicted molar refractivity (Wildman–Crippen MR) is 76.7 cm³/mol. The number of urea groups is 1. The van der Waals surface area contributed by atoms with Gasteiger partial charge in [-0.15, -0.1) is 6.58 Å². The van der Waals surface area contributed by atoms with Gasteiger partial charge in [-0.25, -0.2) is 4.79 Å². The fourth-order valence-electron chi connectivity index (χ4n) is 1.99. The smallest absolute Gasteiger partial charge is 0.319 e. The van der Waals surface area contributed by atoms with Crippen LogP contribution in [0.1, 0.15) is 0 Å². The third kappa shape index (κ3) is 3.72. The highest BCUT2D eigenvalue weighted by molar-refractivity contribution is 5.93. The number of benzene rings is 1. The molecular weight excluding hydrogens is 242 g/mol. The zero-order valence-electron chi connectivity index (χ0n) is 10.9. The molecule has 19 heavy (non-hydrogen) atoms. The summed E-state index contributed by atoms with van der Waals surface area (Å²) < 4.78 is 5.34. The van der Waals surface area contributed by atoms with E-state index in [1.54, 1.807) is 6.08 Å². The molecule has 1 heterocycles. The van der Waals surface area contributed by atoms with Crippen molar-refractivity contribution >= 4 is 17.4 Å². The molecule has 2 amide bonds. The Balaban J connectivity index is 2.07. The van der Waals surface area contributed by atoms with E-state index in [1.165, 1.54) is 0 Å². The summed E-state index contributed by atoms with van der Waals surface area (Å²) in [4.78, 5) is 13.9. The molecule has 0 spiro atoms. The molecule has 5 nitrogen and oxygen atoms in total. The van der Waals surface area contributed by atoms with Gasteiger partial charge in [-0.1, -0.05) is 18.2 Å². The van der Waals surface area contributed by atoms with Crippen LogP contribution in [0.15, 0.2) is 36.9 Å². The van der Waals surface area contributed by atoms with E-state index in [4.69, 9.17) is 4.74 Å². The lowest BCUT2D eigenvalue weighted by Gasteiger charge is -2.30. The van der Waals surface area contributed by atoms with Crippen molar-refractivity contribution in [2.75, 3.05) is 43.1 Å². The second-order valence-corrected chi connectivity index (χ2v) is 4.24. The van der Waals surface area contributed by atoms with E-state index in [-0.39, 0.29) is 6.03 Å². The molecular formula is C14H19N3O2. The standard InChI is InChI=1S/C14H19N3O2/c1-2-7-15-14(18)16-12-5-3-4-6-13(12)17-8-10-19-11-9-17/h2-6H,1,7-11H2,(H2,15,16,18). The molecule has 1 aliphatic rings. The molecule has 0 aliphatic carbocycles. The Morgan fingerprint density at radius 3 is 2.84 bits per heavy atom. The van der Waals surface area contributed by atoms with Crippen molar-refractivity contribution in [2.24, 2.45) is 0 Å². The number of hydrogen-bond acceptors (Lipinski definition) is 3. The van der Waals surface area contributed by atoms with Crippen molar-refractivity contribution in [2.45, 2.75) is 0 Å². The first-order chi connectivity index (χ1) is 9.31. The third-order valence-corrected chi connectivity index (χ3v) is 2.91. The van der Waals surface area contributed by atoms with Crippen molar-refractivity contribution in [3.05, 3.63) is 36.9 Å². The zero-order valence-corrected chi connectivity index (χ0v) is 10.9. The van der Waals surface area contributed by atoms with E-state index in [0.29, 0.717) is 6.54 Å². The lowest BCUT2D eigenvalue weighted by molar-refractivity contribution is 0.123. The molecule has 0 bridgehead atoms. The summed E-state index contributed by atoms with van der Waals surface area (Å²) in [5.41, 5.74) is 1.84. The lowest BCUT2D eigenvalue weighted by atomic mass is 10.2. The van der Waals surface area contributed by atoms with Gasteiger partial charge in [0.1, 0.15) is 0 Å². The quantitative estimate of drug-likeness (QED) is 0.813. The number of para-hydroxylation sites is 2. The topological polar surface area (TPSA) is 53.6 Å². The van der Waals surface area contributed by atoms with Crippen LogP contribution in [0.25, 0.3) is 0 Å². The highest BCUT2D eigenvalue weighted by Gasteiger charge is 2.15. The minimum atomic E-state index is -0.222. The molecule has 0 saturated carbocycles. The van der Waals surface area contributed by atoms with Gasteiger partial charge in [0.2, 0.25) is 0 Å². The first-order valence-corrected chi connectivity index (χ1v) is 6.38. The Morgan fingerprint density at radius 2 is 2.11 bits per heavy atom. The maximum absolute atomic E-state index is 11.7. The van der Waals surface area contributed by atoms with Crippen LogP contribution in [-0.4, -0.2) is 38.9 Å². The fourth-order valence-corrected chi connectivity index (χ4v) is 1.99. The van der Waals surface area contributed by atoms with Crippen LogP contribution < -0.4 is 15.5 Å². The molecule has 1 fully saturated rings. The number of amides is 2. The molecule has 0 aromatic heterocycles. The summed E-state index contributed by atoms with van der Waals surface area (Å²) >= 11 is 0. The normalized spacial score (nSPS) is 14.8. The number of morpholine rings is 1. The highest BCUT2D eigenvalue weighted by atomic mass is 16.5. The van der Waals surface area contributed by atoms with Gasteiger partial charge in [-0.3, -0.25) is 0 Å². The number of carbonyl (C=O) groups is 1. The Hall–Kier alpha value is -2.01. The molecule has 102 valence electrons. The summed E-state index contributed by atoms with van der Waals surface area (Å²) in [6.07, 6.45) is 1.65. The molecule has 2 N–H and O–H groups in total. The average molecular weight is 261 g/mol. The molecule has 1 aromatic carbocycles. The van der Waals surface area contributed by atoms with E-state index in [2.05, 4.69) is 22.1 Å². The van der Waals surface area contributed by atoms with Gasteiger partial charge in [-0.05, 0) is 12.1 Å². The number of ether oxygens (including phenoxy) is 1. The van der Waals surface area contributed by atoms with Gasteiger partial charge in [-0.2, -0.15) is 0 Å². The second kappa shape index (κ2) is 6.80. The van der Waals surface area contributed by atoms with Crippen molar-refractivity contribution in [1.82, 2.24) is 5.32 Å². The summed E-state index contributed by atoms with van der Waals surface area (Å²) in [6.45, 7) is 7.13. The van der Waals surface area contributed by atoms with E-state index < -0.39 is 0 Å². The van der Waals surface area contributed by atoms with Crippen molar-refractivity contribution in [1.29, 1.82) is 0 Å². The van der Waals surface area contributed by atoms with Crippen molar-refractivity contribution in [3.63, 3.8) is 0 Å². The number of nitrogens with one attached hydrogen (secondary N) is 2. The van der Waals surface area contributed by atoms with Gasteiger partial charge in [0.25, 0.3) is 0 Å². The molecule has 0 unspecified atom stereocenters. The van der Waals surface area contributed by atoms with Crippen LogP contribution in [0, 0.1) is 0 Å². The Bertz CT molecular complexity index is 442. The summed E-state index contributed by atoms with van der Waals surface area (Å²) in [7, 11) is 0. The van der Waals surface area contributed by atoms with Crippen molar-refractivity contribution < 1.29 is 9.53 Å². The van der Waals surface area contributed by atoms with Crippen LogP contribution >= 0.6 is 0 Å². The van der Waals surface area contributed by atoms with Gasteiger partial charge in [0.15, 0.2) is 0 Å². The number of nitrogens with zero attached hydrogens (tertiary/aromatic N) is 1. The molecule has 1 aliphatic heterocycles. The minimum absolute atomic E-state index is 0.222. The van der Waals surface area contributed by atoms with Crippen LogP contribution in [0.5, 0.6) is 0 Å². The zero-order chi connectivity index (χ0) is 13.5. The lowest BCUT2D eigenvalue weighted by Crippen LogP contribution is -2.37. The maximum atomic E-state index is 11.7. The highest BCUT2D eigenvalue weighted by Crippen LogP contribution is 2.26. The number of carbonyl (C=O) groups excluding carboxylic acids is 1. The van der Waals surface area contributed by atoms with E-state index in [0.717, 1.165) is 37.7 Å². The van der Waals surface area contributed by atoms with Crippen LogP contribution in [0.3, 0.4) is 0 Å². The first kappa shape index (κ1) is 13.4. The first-order valence-electron chi connectivity index (χ1n) is 6.38. The second-order valence-electron chi connectivity index (χ2n) is 4.24. The number of anilines is 2. The summed E-state index contributed by atoms with van der Waals surface area (Å²) in [6, 6.07) is 7.57. The molecule has 0 atom stereocenters. The molecule has 5 heteroatoms. The van der Waals surface area contributed by atoms with Crippen LogP contribution in [0.2, 0.25) is 0 Å². The molecule has 2 rings (SSSR count). The van der Waals surface area contributed by atoms with Gasteiger partial charge >= 0.3 is 6.03 Å². The van der Waals surface area contributed by atoms with Crippen LogP contribution in [0.4, 0.5) is 16.2 Å². The Morgan fingerprint density at radius 1 is 1.37 bits per heavy atom. The van der Waals surface area contributed by atoms with E-state index >= 15 is 0 Å².